The molecule has 2 aromatic rings. The van der Waals surface area contributed by atoms with Crippen LogP contribution in [0.3, 0.4) is 0 Å². The summed E-state index contributed by atoms with van der Waals surface area (Å²) >= 11 is 0. The molecule has 2 rings (SSSR count). The van der Waals surface area contributed by atoms with Gasteiger partial charge < -0.3 is 15.5 Å². The van der Waals surface area contributed by atoms with Gasteiger partial charge in [0.1, 0.15) is 5.82 Å². The second-order valence-electron chi connectivity index (χ2n) is 3.96. The first-order valence-corrected chi connectivity index (χ1v) is 5.73. The molecule has 1 heterocycles. The predicted molar refractivity (Wildman–Crippen MR) is 65.5 cm³/mol. The van der Waals surface area contributed by atoms with Crippen LogP contribution in [0.4, 0.5) is 10.4 Å². The quantitative estimate of drug-likeness (QED) is 0.847. The van der Waals surface area contributed by atoms with E-state index in [1.807, 2.05) is 6.92 Å². The van der Waals surface area contributed by atoms with Gasteiger partial charge in [0, 0.05) is 13.0 Å². The summed E-state index contributed by atoms with van der Waals surface area (Å²) in [6.07, 6.45) is 0.555. The molecule has 0 bridgehead atoms. The van der Waals surface area contributed by atoms with Crippen molar-refractivity contribution in [2.45, 2.75) is 19.4 Å². The summed E-state index contributed by atoms with van der Waals surface area (Å²) in [4.78, 5) is 0. The Hall–Kier alpha value is -1.95. The van der Waals surface area contributed by atoms with Crippen LogP contribution in [0.15, 0.2) is 28.7 Å². The van der Waals surface area contributed by atoms with E-state index < -0.39 is 0 Å². The highest BCUT2D eigenvalue weighted by Crippen LogP contribution is 2.18. The van der Waals surface area contributed by atoms with Crippen LogP contribution in [0.2, 0.25) is 0 Å². The summed E-state index contributed by atoms with van der Waals surface area (Å²) in [6.45, 7) is 2.40. The third-order valence-electron chi connectivity index (χ3n) is 2.54. The Kier molecular flexibility index (Phi) is 3.88. The van der Waals surface area contributed by atoms with Gasteiger partial charge in [-0.05, 0) is 24.6 Å². The van der Waals surface area contributed by atoms with Crippen LogP contribution in [0, 0.1) is 5.82 Å². The van der Waals surface area contributed by atoms with E-state index in [2.05, 4.69) is 15.5 Å². The minimum absolute atomic E-state index is 0.0447. The van der Waals surface area contributed by atoms with Gasteiger partial charge in [0.05, 0.1) is 6.04 Å². The number of nitrogens with zero attached hydrogens (tertiary/aromatic N) is 2. The monoisotopic (exact) mass is 250 g/mol. The van der Waals surface area contributed by atoms with Crippen molar-refractivity contribution in [2.24, 2.45) is 5.73 Å². The number of hydrogen-bond acceptors (Lipinski definition) is 5. The van der Waals surface area contributed by atoms with Gasteiger partial charge in [-0.3, -0.25) is 0 Å². The van der Waals surface area contributed by atoms with E-state index in [1.54, 1.807) is 12.1 Å². The molecule has 0 radical (unpaired) electrons. The first-order chi connectivity index (χ1) is 8.69. The van der Waals surface area contributed by atoms with Crippen LogP contribution in [-0.2, 0) is 6.42 Å². The largest absolute Gasteiger partial charge is 0.408 e. The second kappa shape index (κ2) is 5.59. The van der Waals surface area contributed by atoms with Crippen molar-refractivity contribution in [1.82, 2.24) is 10.2 Å². The summed E-state index contributed by atoms with van der Waals surface area (Å²) in [7, 11) is 0. The van der Waals surface area contributed by atoms with Crippen LogP contribution in [0.5, 0.6) is 0 Å². The second-order valence-corrected chi connectivity index (χ2v) is 3.96. The summed E-state index contributed by atoms with van der Waals surface area (Å²) in [5, 5.41) is 10.8. The van der Waals surface area contributed by atoms with Gasteiger partial charge in [-0.15, -0.1) is 5.10 Å². The molecule has 1 aromatic heterocycles. The van der Waals surface area contributed by atoms with Crippen molar-refractivity contribution in [1.29, 1.82) is 0 Å². The maximum Gasteiger partial charge on any atom is 0.315 e. The number of anilines is 1. The topological polar surface area (TPSA) is 77.0 Å². The minimum Gasteiger partial charge on any atom is -0.408 e. The van der Waals surface area contributed by atoms with Gasteiger partial charge in [-0.2, -0.15) is 0 Å². The molecule has 0 spiro atoms. The van der Waals surface area contributed by atoms with Gasteiger partial charge in [-0.1, -0.05) is 17.2 Å². The molecule has 0 fully saturated rings. The normalized spacial score (nSPS) is 12.4. The summed E-state index contributed by atoms with van der Waals surface area (Å²) in [5.74, 6) is 0.250. The lowest BCUT2D eigenvalue weighted by Gasteiger charge is -2.11. The number of aromatic nitrogens is 2. The third kappa shape index (κ3) is 3.04. The van der Waals surface area contributed by atoms with Crippen molar-refractivity contribution >= 4 is 6.01 Å². The summed E-state index contributed by atoms with van der Waals surface area (Å²) in [5.41, 5.74) is 6.33. The fourth-order valence-electron chi connectivity index (χ4n) is 1.56. The Bertz CT molecular complexity index is 497. The summed E-state index contributed by atoms with van der Waals surface area (Å²) < 4.78 is 18.1. The van der Waals surface area contributed by atoms with Crippen LogP contribution >= 0.6 is 0 Å². The lowest BCUT2D eigenvalue weighted by Crippen LogP contribution is -2.06. The third-order valence-corrected chi connectivity index (χ3v) is 2.54. The predicted octanol–water partition coefficient (Wildman–Crippen LogP) is 1.88. The van der Waals surface area contributed by atoms with Crippen molar-refractivity contribution in [3.05, 3.63) is 41.5 Å². The van der Waals surface area contributed by atoms with Crippen molar-refractivity contribution < 1.29 is 8.81 Å². The number of benzene rings is 1. The maximum atomic E-state index is 12.8. The lowest BCUT2D eigenvalue weighted by molar-refractivity contribution is 0.502. The Morgan fingerprint density at radius 1 is 1.33 bits per heavy atom. The van der Waals surface area contributed by atoms with Gasteiger partial charge in [0.25, 0.3) is 0 Å². The van der Waals surface area contributed by atoms with Gasteiger partial charge in [-0.25, -0.2) is 4.39 Å². The molecule has 5 nitrogen and oxygen atoms in total. The average Bonchev–Trinajstić information content (AvgIpc) is 2.78. The smallest absolute Gasteiger partial charge is 0.315 e. The Balaban J connectivity index is 2.01. The molecule has 0 aliphatic heterocycles. The van der Waals surface area contributed by atoms with E-state index in [-0.39, 0.29) is 11.9 Å². The SMILES string of the molecule is CC(Nc1nnc(CCN)o1)c1ccc(F)cc1. The Morgan fingerprint density at radius 3 is 2.72 bits per heavy atom. The molecule has 96 valence electrons. The molecular weight excluding hydrogens is 235 g/mol. The number of rotatable bonds is 5. The highest BCUT2D eigenvalue weighted by Gasteiger charge is 2.10. The van der Waals surface area contributed by atoms with Crippen molar-refractivity contribution in [3.8, 4) is 0 Å². The van der Waals surface area contributed by atoms with Crippen LogP contribution < -0.4 is 11.1 Å². The van der Waals surface area contributed by atoms with E-state index in [9.17, 15) is 4.39 Å². The molecule has 18 heavy (non-hydrogen) atoms. The molecule has 0 aliphatic rings. The van der Waals surface area contributed by atoms with Crippen molar-refractivity contribution in [3.63, 3.8) is 0 Å². The Morgan fingerprint density at radius 2 is 2.06 bits per heavy atom. The molecule has 0 amide bonds. The first-order valence-electron chi connectivity index (χ1n) is 5.73. The zero-order valence-corrected chi connectivity index (χ0v) is 10.1. The maximum absolute atomic E-state index is 12.8. The van der Waals surface area contributed by atoms with Crippen LogP contribution in [0.1, 0.15) is 24.4 Å². The van der Waals surface area contributed by atoms with E-state index in [1.165, 1.54) is 12.1 Å². The van der Waals surface area contributed by atoms with E-state index in [4.69, 9.17) is 10.2 Å². The van der Waals surface area contributed by atoms with Gasteiger partial charge in [0.2, 0.25) is 5.89 Å². The molecule has 6 heteroatoms. The molecule has 1 unspecified atom stereocenters. The Labute approximate surface area is 104 Å². The van der Waals surface area contributed by atoms with Gasteiger partial charge >= 0.3 is 6.01 Å². The van der Waals surface area contributed by atoms with Crippen LogP contribution in [0.25, 0.3) is 0 Å². The molecule has 0 saturated carbocycles. The van der Waals surface area contributed by atoms with E-state index >= 15 is 0 Å². The standard InChI is InChI=1S/C12H15FN4O/c1-8(9-2-4-10(13)5-3-9)15-12-17-16-11(18-12)6-7-14/h2-5,8H,6-7,14H2,1H3,(H,15,17). The highest BCUT2D eigenvalue weighted by atomic mass is 19.1. The number of nitrogens with two attached hydrogens (primary N) is 1. The highest BCUT2D eigenvalue weighted by molar-refractivity contribution is 5.28. The van der Waals surface area contributed by atoms with Crippen molar-refractivity contribution in [2.75, 3.05) is 11.9 Å². The zero-order chi connectivity index (χ0) is 13.0. The van der Waals surface area contributed by atoms with E-state index in [0.717, 1.165) is 5.56 Å². The average molecular weight is 250 g/mol. The molecule has 1 atom stereocenters. The number of nitrogens with one attached hydrogen (secondary N) is 1. The van der Waals surface area contributed by atoms with Crippen LogP contribution in [-0.4, -0.2) is 16.7 Å². The molecular formula is C12H15FN4O. The first kappa shape index (κ1) is 12.5. The fourth-order valence-corrected chi connectivity index (χ4v) is 1.56. The molecule has 0 saturated heterocycles. The lowest BCUT2D eigenvalue weighted by atomic mass is 10.1. The van der Waals surface area contributed by atoms with E-state index in [0.29, 0.717) is 24.9 Å². The summed E-state index contributed by atoms with van der Waals surface area (Å²) in [6, 6.07) is 6.56. The fraction of sp³-hybridized carbons (Fsp3) is 0.333. The zero-order valence-electron chi connectivity index (χ0n) is 10.1. The number of halogens is 1. The van der Waals surface area contributed by atoms with Gasteiger partial charge in [0.15, 0.2) is 0 Å². The molecule has 3 N–H and O–H groups in total. The molecule has 1 aromatic carbocycles. The molecule has 0 aliphatic carbocycles. The number of hydrogen-bond donors (Lipinski definition) is 2. The minimum atomic E-state index is -0.256.